The second kappa shape index (κ2) is 19.9. The van der Waals surface area contributed by atoms with E-state index in [-0.39, 0.29) is 51.9 Å². The van der Waals surface area contributed by atoms with E-state index < -0.39 is 60.5 Å². The van der Waals surface area contributed by atoms with E-state index in [1.54, 1.807) is 0 Å². The monoisotopic (exact) mass is 640 g/mol. The molecule has 254 valence electrons. The zero-order chi connectivity index (χ0) is 32.5. The molecule has 2 unspecified atom stereocenters. The van der Waals surface area contributed by atoms with Crippen molar-refractivity contribution in [3.63, 3.8) is 0 Å². The van der Waals surface area contributed by atoms with Crippen LogP contribution in [0, 0.1) is 0 Å². The molecule has 2 aliphatic heterocycles. The van der Waals surface area contributed by atoms with Gasteiger partial charge in [0.1, 0.15) is 24.4 Å². The standard InChI is InChI=1S/C29H47F3N2O10/c1-4-7-15-39-19-20-25(40-16-8-5-2)26(41-17-9-6-3)24(33-28(38)29(30,31)32)27(43-20)42-18-11-10-12-23(37)44-34-21(35)13-14-22(34)36/h20,24-27H,4-19H2,1-3H3,(H,33,38)/t20?,24-,25-,26?,27+/m0/s1. The molecule has 0 radical (unpaired) electrons. The van der Waals surface area contributed by atoms with Gasteiger partial charge in [-0.15, -0.1) is 5.06 Å². The van der Waals surface area contributed by atoms with Crippen molar-refractivity contribution in [2.24, 2.45) is 0 Å². The van der Waals surface area contributed by atoms with Crippen LogP contribution in [0.15, 0.2) is 0 Å². The summed E-state index contributed by atoms with van der Waals surface area (Å²) < 4.78 is 70.1. The first kappa shape index (κ1) is 37.9. The van der Waals surface area contributed by atoms with Crippen molar-refractivity contribution in [1.29, 1.82) is 0 Å². The Morgan fingerprint density at radius 3 is 2.00 bits per heavy atom. The van der Waals surface area contributed by atoms with E-state index in [1.165, 1.54) is 0 Å². The quantitative estimate of drug-likeness (QED) is 0.146. The Morgan fingerprint density at radius 1 is 0.841 bits per heavy atom. The summed E-state index contributed by atoms with van der Waals surface area (Å²) in [5.74, 6) is -4.12. The Labute approximate surface area is 256 Å². The average Bonchev–Trinajstić information content (AvgIpc) is 3.29. The number of ether oxygens (including phenoxy) is 5. The van der Waals surface area contributed by atoms with Gasteiger partial charge < -0.3 is 33.8 Å². The predicted molar refractivity (Wildman–Crippen MR) is 149 cm³/mol. The summed E-state index contributed by atoms with van der Waals surface area (Å²) in [6.07, 6.45) is -4.20. The molecule has 3 amide bonds. The van der Waals surface area contributed by atoms with Gasteiger partial charge in [-0.05, 0) is 32.1 Å². The lowest BCUT2D eigenvalue weighted by Crippen LogP contribution is -2.67. The van der Waals surface area contributed by atoms with Crippen LogP contribution in [0.25, 0.3) is 0 Å². The van der Waals surface area contributed by atoms with Crippen LogP contribution in [0.5, 0.6) is 0 Å². The number of imide groups is 1. The summed E-state index contributed by atoms with van der Waals surface area (Å²) in [4.78, 5) is 52.3. The zero-order valence-corrected chi connectivity index (χ0v) is 25.9. The highest BCUT2D eigenvalue weighted by Crippen LogP contribution is 2.29. The van der Waals surface area contributed by atoms with Crippen molar-refractivity contribution in [2.45, 2.75) is 128 Å². The van der Waals surface area contributed by atoms with Gasteiger partial charge in [0, 0.05) is 45.7 Å². The molecule has 2 aliphatic rings. The zero-order valence-electron chi connectivity index (χ0n) is 25.9. The van der Waals surface area contributed by atoms with Crippen LogP contribution in [0.4, 0.5) is 13.2 Å². The Morgan fingerprint density at radius 2 is 1.41 bits per heavy atom. The van der Waals surface area contributed by atoms with Crippen molar-refractivity contribution in [1.82, 2.24) is 10.4 Å². The minimum Gasteiger partial charge on any atom is -0.379 e. The van der Waals surface area contributed by atoms with Gasteiger partial charge in [0.2, 0.25) is 0 Å². The number of rotatable bonds is 21. The molecule has 0 aromatic heterocycles. The van der Waals surface area contributed by atoms with Crippen molar-refractivity contribution in [3.8, 4) is 0 Å². The lowest BCUT2D eigenvalue weighted by Gasteiger charge is -2.46. The van der Waals surface area contributed by atoms with Gasteiger partial charge >= 0.3 is 18.1 Å². The molecular formula is C29H47F3N2O10. The third kappa shape index (κ3) is 12.6. The SMILES string of the molecule is CCCCOCC1O[C@@H](OCCCCC(=O)ON2C(=O)CCC2=O)[C@@H](NC(=O)C(F)(F)F)C(OCCCC)[C@H]1OCCCC. The summed E-state index contributed by atoms with van der Waals surface area (Å²) in [6, 6.07) is -1.36. The molecule has 2 rings (SSSR count). The van der Waals surface area contributed by atoms with Gasteiger partial charge in [0.05, 0.1) is 6.61 Å². The van der Waals surface area contributed by atoms with Gasteiger partial charge in [0.15, 0.2) is 6.29 Å². The molecule has 0 bridgehead atoms. The maximum atomic E-state index is 13.4. The molecule has 12 nitrogen and oxygen atoms in total. The number of carbonyl (C=O) groups excluding carboxylic acids is 4. The van der Waals surface area contributed by atoms with Crippen LogP contribution in [0.2, 0.25) is 0 Å². The van der Waals surface area contributed by atoms with Crippen LogP contribution >= 0.6 is 0 Å². The molecule has 2 heterocycles. The molecule has 2 fully saturated rings. The number of nitrogens with zero attached hydrogens (tertiary/aromatic N) is 1. The fourth-order valence-corrected chi connectivity index (χ4v) is 4.52. The van der Waals surface area contributed by atoms with Crippen molar-refractivity contribution < 1.29 is 60.9 Å². The third-order valence-electron chi connectivity index (χ3n) is 7.00. The Hall–Kier alpha value is -2.33. The van der Waals surface area contributed by atoms with Crippen LogP contribution in [-0.2, 0) is 47.7 Å². The molecule has 5 atom stereocenters. The van der Waals surface area contributed by atoms with Crippen LogP contribution in [0.3, 0.4) is 0 Å². The van der Waals surface area contributed by atoms with Crippen molar-refractivity contribution >= 4 is 23.7 Å². The minimum absolute atomic E-state index is 0.0221. The van der Waals surface area contributed by atoms with Crippen LogP contribution in [0.1, 0.15) is 91.4 Å². The third-order valence-corrected chi connectivity index (χ3v) is 7.00. The first-order valence-corrected chi connectivity index (χ1v) is 15.6. The topological polar surface area (TPSA) is 139 Å². The molecule has 0 saturated carbocycles. The number of alkyl halides is 3. The van der Waals surface area contributed by atoms with Gasteiger partial charge in [-0.3, -0.25) is 14.4 Å². The van der Waals surface area contributed by atoms with E-state index in [0.717, 1.165) is 25.7 Å². The lowest BCUT2D eigenvalue weighted by atomic mass is 9.95. The van der Waals surface area contributed by atoms with E-state index >= 15 is 0 Å². The van der Waals surface area contributed by atoms with E-state index in [2.05, 4.69) is 0 Å². The summed E-state index contributed by atoms with van der Waals surface area (Å²) >= 11 is 0. The smallest absolute Gasteiger partial charge is 0.379 e. The normalized spacial score (nSPS) is 24.1. The van der Waals surface area contributed by atoms with Gasteiger partial charge in [-0.2, -0.15) is 13.2 Å². The molecule has 2 saturated heterocycles. The highest BCUT2D eigenvalue weighted by Gasteiger charge is 2.51. The maximum absolute atomic E-state index is 13.4. The molecular weight excluding hydrogens is 593 g/mol. The van der Waals surface area contributed by atoms with Gasteiger partial charge in [-0.1, -0.05) is 40.0 Å². The van der Waals surface area contributed by atoms with Crippen LogP contribution in [-0.4, -0.2) is 98.6 Å². The fraction of sp³-hybridized carbons (Fsp3) is 0.862. The fourth-order valence-electron chi connectivity index (χ4n) is 4.52. The number of halogens is 3. The number of hydroxylamine groups is 2. The second-order valence-electron chi connectivity index (χ2n) is 10.7. The summed E-state index contributed by atoms with van der Waals surface area (Å²) in [5.41, 5.74) is 0. The predicted octanol–water partition coefficient (Wildman–Crippen LogP) is 3.74. The van der Waals surface area contributed by atoms with Crippen molar-refractivity contribution in [2.75, 3.05) is 33.0 Å². The molecule has 0 aromatic carbocycles. The van der Waals surface area contributed by atoms with Gasteiger partial charge in [0.25, 0.3) is 11.8 Å². The van der Waals surface area contributed by atoms with E-state index in [4.69, 9.17) is 28.5 Å². The maximum Gasteiger partial charge on any atom is 0.471 e. The lowest BCUT2D eigenvalue weighted by molar-refractivity contribution is -0.288. The van der Waals surface area contributed by atoms with E-state index in [1.807, 2.05) is 26.1 Å². The highest BCUT2D eigenvalue weighted by molar-refractivity contribution is 6.01. The first-order chi connectivity index (χ1) is 21.0. The molecule has 0 spiro atoms. The summed E-state index contributed by atoms with van der Waals surface area (Å²) in [7, 11) is 0. The number of nitrogens with one attached hydrogen (secondary N) is 1. The largest absolute Gasteiger partial charge is 0.471 e. The first-order valence-electron chi connectivity index (χ1n) is 15.6. The Bertz CT molecular complexity index is 891. The highest BCUT2D eigenvalue weighted by atomic mass is 19.4. The average molecular weight is 641 g/mol. The summed E-state index contributed by atoms with van der Waals surface area (Å²) in [5, 5.41) is 2.47. The summed E-state index contributed by atoms with van der Waals surface area (Å²) in [6.45, 7) is 6.92. The Kier molecular flexibility index (Phi) is 17.1. The van der Waals surface area contributed by atoms with Gasteiger partial charge in [-0.25, -0.2) is 4.79 Å². The number of carbonyl (C=O) groups is 4. The number of hydrogen-bond donors (Lipinski definition) is 1. The van der Waals surface area contributed by atoms with E-state index in [9.17, 15) is 32.3 Å². The molecule has 0 aromatic rings. The van der Waals surface area contributed by atoms with Crippen molar-refractivity contribution in [3.05, 3.63) is 0 Å². The Balaban J connectivity index is 2.15. The van der Waals surface area contributed by atoms with Crippen LogP contribution < -0.4 is 5.32 Å². The molecule has 1 N–H and O–H groups in total. The number of unbranched alkanes of at least 4 members (excludes halogenated alkanes) is 4. The number of amides is 3. The molecule has 0 aliphatic carbocycles. The van der Waals surface area contributed by atoms with E-state index in [0.29, 0.717) is 31.1 Å². The number of hydrogen-bond acceptors (Lipinski definition) is 10. The minimum atomic E-state index is -5.16. The molecule has 15 heteroatoms. The molecule has 44 heavy (non-hydrogen) atoms. The second-order valence-corrected chi connectivity index (χ2v) is 10.7.